The van der Waals surface area contributed by atoms with Crippen LogP contribution in [0.4, 0.5) is 0 Å². The predicted molar refractivity (Wildman–Crippen MR) is 208 cm³/mol. The van der Waals surface area contributed by atoms with Gasteiger partial charge in [-0.1, -0.05) is 96.3 Å². The maximum Gasteiger partial charge on any atom is 0.137 e. The Labute approximate surface area is 296 Å². The summed E-state index contributed by atoms with van der Waals surface area (Å²) in [5, 5.41) is 7.37. The van der Waals surface area contributed by atoms with Gasteiger partial charge in [-0.3, -0.25) is 4.57 Å². The van der Waals surface area contributed by atoms with Gasteiger partial charge in [0.15, 0.2) is 0 Å². The smallest absolute Gasteiger partial charge is 0.137 e. The third-order valence-electron chi connectivity index (χ3n) is 10.1. The second-order valence-corrected chi connectivity index (χ2v) is 14.8. The molecule has 1 atom stereocenters. The van der Waals surface area contributed by atoms with E-state index in [0.29, 0.717) is 5.92 Å². The van der Waals surface area contributed by atoms with Crippen molar-refractivity contribution in [1.29, 1.82) is 0 Å². The number of nitrogens with zero attached hydrogens (tertiary/aromatic N) is 4. The molecule has 0 aliphatic heterocycles. The summed E-state index contributed by atoms with van der Waals surface area (Å²) >= 11 is 0. The van der Waals surface area contributed by atoms with Crippen molar-refractivity contribution in [2.24, 2.45) is 0 Å². The van der Waals surface area contributed by atoms with Crippen molar-refractivity contribution >= 4 is 21.8 Å². The van der Waals surface area contributed by atoms with Gasteiger partial charge in [0.1, 0.15) is 17.3 Å². The van der Waals surface area contributed by atoms with Gasteiger partial charge in [-0.2, -0.15) is 5.10 Å². The Morgan fingerprint density at radius 2 is 1.56 bits per heavy atom. The van der Waals surface area contributed by atoms with E-state index in [1.165, 1.54) is 53.1 Å². The number of rotatable bonds is 10. The van der Waals surface area contributed by atoms with Crippen LogP contribution in [-0.2, 0) is 5.41 Å². The summed E-state index contributed by atoms with van der Waals surface area (Å²) in [7, 11) is 0. The van der Waals surface area contributed by atoms with E-state index < -0.39 is 0 Å². The molecule has 0 aliphatic carbocycles. The monoisotopic (exact) mass is 660 g/mol. The summed E-state index contributed by atoms with van der Waals surface area (Å²) in [4.78, 5) is 4.91. The molecular weight excluding hydrogens is 613 g/mol. The minimum Gasteiger partial charge on any atom is -0.457 e. The van der Waals surface area contributed by atoms with Crippen molar-refractivity contribution in [2.45, 2.75) is 85.5 Å². The molecule has 0 spiro atoms. The van der Waals surface area contributed by atoms with Gasteiger partial charge in [0.25, 0.3) is 0 Å². The van der Waals surface area contributed by atoms with E-state index in [0.717, 1.165) is 51.0 Å². The molecule has 0 radical (unpaired) electrons. The third-order valence-corrected chi connectivity index (χ3v) is 10.1. The Kier molecular flexibility index (Phi) is 9.09. The molecule has 50 heavy (non-hydrogen) atoms. The second-order valence-electron chi connectivity index (χ2n) is 14.8. The molecule has 0 bridgehead atoms. The van der Waals surface area contributed by atoms with Crippen LogP contribution in [0.1, 0.15) is 88.7 Å². The average Bonchev–Trinajstić information content (AvgIpc) is 3.60. The fourth-order valence-corrected chi connectivity index (χ4v) is 7.24. The number of hydrogen-bond donors (Lipinski definition) is 0. The van der Waals surface area contributed by atoms with Crippen molar-refractivity contribution < 1.29 is 4.74 Å². The Bertz CT molecular complexity index is 2290. The Hall–Kier alpha value is -5.16. The van der Waals surface area contributed by atoms with Gasteiger partial charge < -0.3 is 4.74 Å². The summed E-state index contributed by atoms with van der Waals surface area (Å²) in [6.45, 7) is 15.6. The number of fused-ring (bicyclic) bond motifs is 3. The minimum atomic E-state index is 0.00413. The summed E-state index contributed by atoms with van der Waals surface area (Å²) in [5.41, 5.74) is 10.3. The van der Waals surface area contributed by atoms with E-state index in [-0.39, 0.29) is 5.41 Å². The van der Waals surface area contributed by atoms with Crippen molar-refractivity contribution in [2.75, 3.05) is 0 Å². The van der Waals surface area contributed by atoms with Crippen LogP contribution >= 0.6 is 0 Å². The largest absolute Gasteiger partial charge is 0.457 e. The maximum absolute atomic E-state index is 6.62. The Morgan fingerprint density at radius 3 is 2.34 bits per heavy atom. The zero-order valence-corrected chi connectivity index (χ0v) is 30.5. The minimum absolute atomic E-state index is 0.00413. The molecule has 0 aliphatic rings. The summed E-state index contributed by atoms with van der Waals surface area (Å²) < 4.78 is 10.9. The summed E-state index contributed by atoms with van der Waals surface area (Å²) in [6, 6.07) is 36.5. The molecule has 7 rings (SSSR count). The first-order valence-electron chi connectivity index (χ1n) is 18.1. The summed E-state index contributed by atoms with van der Waals surface area (Å²) in [6.07, 6.45) is 6.92. The van der Waals surface area contributed by atoms with Crippen LogP contribution in [0.15, 0.2) is 109 Å². The summed E-state index contributed by atoms with van der Waals surface area (Å²) in [5.74, 6) is 2.96. The number of ether oxygens (including phenoxy) is 1. The molecule has 3 aromatic heterocycles. The fraction of sp³-hybridized carbons (Fsp3) is 0.289. The molecule has 0 amide bonds. The number of hydrogen-bond acceptors (Lipinski definition) is 3. The standard InChI is InChI=1S/C45H48N4O/c1-8-9-11-15-30(2)34-20-23-41-40(26-34)39-22-21-38(29-42(39)48(41)43-27-35(24-25-46-43)45(5,6)7)50-37-19-14-18-36(28-37)49-32(4)44(31(3)47-49)33-16-12-10-13-17-33/h10,12-14,16-30H,8-9,11,15H2,1-7H3. The Balaban J connectivity index is 1.30. The number of aryl methyl sites for hydroxylation is 1. The van der Waals surface area contributed by atoms with E-state index >= 15 is 0 Å². The molecule has 0 saturated carbocycles. The zero-order valence-electron chi connectivity index (χ0n) is 30.5. The lowest BCUT2D eigenvalue weighted by Crippen LogP contribution is -2.12. The lowest BCUT2D eigenvalue weighted by Gasteiger charge is -2.20. The molecule has 7 aromatic rings. The lowest BCUT2D eigenvalue weighted by atomic mass is 9.88. The third kappa shape index (κ3) is 6.45. The molecule has 4 aromatic carbocycles. The quantitative estimate of drug-likeness (QED) is 0.137. The van der Waals surface area contributed by atoms with Crippen molar-refractivity contribution in [3.05, 3.63) is 132 Å². The molecular formula is C45H48N4O. The number of pyridine rings is 1. The van der Waals surface area contributed by atoms with Crippen LogP contribution < -0.4 is 4.74 Å². The van der Waals surface area contributed by atoms with Gasteiger partial charge in [0.2, 0.25) is 0 Å². The maximum atomic E-state index is 6.62. The van der Waals surface area contributed by atoms with Crippen LogP contribution in [0.3, 0.4) is 0 Å². The van der Waals surface area contributed by atoms with E-state index in [4.69, 9.17) is 14.8 Å². The molecule has 1 unspecified atom stereocenters. The van der Waals surface area contributed by atoms with Crippen LogP contribution in [-0.4, -0.2) is 19.3 Å². The molecule has 0 saturated heterocycles. The van der Waals surface area contributed by atoms with Crippen LogP contribution in [0.2, 0.25) is 0 Å². The first-order chi connectivity index (χ1) is 24.1. The highest BCUT2D eigenvalue weighted by Crippen LogP contribution is 2.38. The van der Waals surface area contributed by atoms with E-state index in [1.807, 2.05) is 29.1 Å². The molecule has 5 heteroatoms. The molecule has 5 nitrogen and oxygen atoms in total. The normalized spacial score (nSPS) is 12.5. The molecule has 254 valence electrons. The van der Waals surface area contributed by atoms with Crippen molar-refractivity contribution in [3.63, 3.8) is 0 Å². The highest BCUT2D eigenvalue weighted by molar-refractivity contribution is 6.09. The topological polar surface area (TPSA) is 44.9 Å². The van der Waals surface area contributed by atoms with Gasteiger partial charge in [-0.15, -0.1) is 0 Å². The number of aromatic nitrogens is 4. The van der Waals surface area contributed by atoms with Gasteiger partial charge >= 0.3 is 0 Å². The number of unbranched alkanes of at least 4 members (excludes halogenated alkanes) is 2. The van der Waals surface area contributed by atoms with Gasteiger partial charge in [0, 0.05) is 40.4 Å². The highest BCUT2D eigenvalue weighted by atomic mass is 16.5. The van der Waals surface area contributed by atoms with Crippen molar-refractivity contribution in [3.8, 4) is 34.1 Å². The lowest BCUT2D eigenvalue weighted by molar-refractivity contribution is 0.482. The predicted octanol–water partition coefficient (Wildman–Crippen LogP) is 12.4. The fourth-order valence-electron chi connectivity index (χ4n) is 7.24. The van der Waals surface area contributed by atoms with Gasteiger partial charge in [-0.25, -0.2) is 9.67 Å². The van der Waals surface area contributed by atoms with E-state index in [9.17, 15) is 0 Å². The van der Waals surface area contributed by atoms with Crippen LogP contribution in [0.5, 0.6) is 11.5 Å². The van der Waals surface area contributed by atoms with Crippen LogP contribution in [0, 0.1) is 13.8 Å². The zero-order chi connectivity index (χ0) is 35.0. The molecule has 0 N–H and O–H groups in total. The van der Waals surface area contributed by atoms with Crippen molar-refractivity contribution in [1.82, 2.24) is 19.3 Å². The second kappa shape index (κ2) is 13.6. The van der Waals surface area contributed by atoms with Gasteiger partial charge in [0.05, 0.1) is 22.4 Å². The highest BCUT2D eigenvalue weighted by Gasteiger charge is 2.20. The Morgan fingerprint density at radius 1 is 0.760 bits per heavy atom. The van der Waals surface area contributed by atoms with E-state index in [1.54, 1.807) is 0 Å². The average molecular weight is 661 g/mol. The van der Waals surface area contributed by atoms with Crippen LogP contribution in [0.25, 0.3) is 44.4 Å². The molecule has 3 heterocycles. The van der Waals surface area contributed by atoms with E-state index in [2.05, 4.69) is 138 Å². The van der Waals surface area contributed by atoms with Gasteiger partial charge in [-0.05, 0) is 96.8 Å². The SMILES string of the molecule is CCCCCC(C)c1ccc2c(c1)c1ccc(Oc3cccc(-n4nc(C)c(-c5ccccc5)c4C)c3)cc1n2-c1cc(C(C)(C)C)ccn1. The first kappa shape index (κ1) is 33.3. The molecule has 0 fully saturated rings. The number of benzene rings is 4. The first-order valence-corrected chi connectivity index (χ1v) is 18.1.